The van der Waals surface area contributed by atoms with Gasteiger partial charge in [0, 0.05) is 11.1 Å². The van der Waals surface area contributed by atoms with Crippen LogP contribution in [-0.2, 0) is 17.3 Å². The summed E-state index contributed by atoms with van der Waals surface area (Å²) in [4.78, 5) is 15.8. The number of carbonyl (C=O) groups excluding carboxylic acids is 1. The number of thiophene rings is 1. The number of alkyl halides is 3. The number of rotatable bonds is 5. The molecule has 2 aromatic heterocycles. The zero-order valence-electron chi connectivity index (χ0n) is 18.6. The Labute approximate surface area is 202 Å². The minimum Gasteiger partial charge on any atom is -0.450 e. The summed E-state index contributed by atoms with van der Waals surface area (Å²) >= 11 is 0.578. The monoisotopic (exact) mass is 499 g/mol. The lowest BCUT2D eigenvalue weighted by Crippen LogP contribution is -2.27. The van der Waals surface area contributed by atoms with Crippen LogP contribution in [0.1, 0.15) is 35.4 Å². The highest BCUT2D eigenvalue weighted by Crippen LogP contribution is 2.46. The van der Waals surface area contributed by atoms with Crippen LogP contribution < -0.4 is 5.32 Å². The molecule has 0 bridgehead atoms. The number of aromatic nitrogens is 2. The summed E-state index contributed by atoms with van der Waals surface area (Å²) in [6.45, 7) is 2.02. The number of alkyl carbamates (subject to hydrolysis) is 1. The molecule has 1 aliphatic carbocycles. The fourth-order valence-corrected chi connectivity index (χ4v) is 5.27. The molecule has 1 amide bonds. The lowest BCUT2D eigenvalue weighted by molar-refractivity contribution is -0.133. The summed E-state index contributed by atoms with van der Waals surface area (Å²) in [5.41, 5.74) is 3.16. The summed E-state index contributed by atoms with van der Waals surface area (Å²) in [6.07, 6.45) is -3.62. The fourth-order valence-electron chi connectivity index (χ4n) is 4.30. The van der Waals surface area contributed by atoms with Gasteiger partial charge in [-0.15, -0.1) is 11.3 Å². The van der Waals surface area contributed by atoms with Crippen LogP contribution in [0.5, 0.6) is 0 Å². The van der Waals surface area contributed by atoms with Crippen molar-refractivity contribution in [1.82, 2.24) is 15.5 Å². The number of hydrogen-bond donors (Lipinski definition) is 1. The van der Waals surface area contributed by atoms with Crippen LogP contribution in [0.15, 0.2) is 59.1 Å². The van der Waals surface area contributed by atoms with E-state index >= 15 is 0 Å². The number of benzene rings is 2. The maximum Gasteiger partial charge on any atom is 0.426 e. The summed E-state index contributed by atoms with van der Waals surface area (Å²) < 4.78 is 51.7. The Morgan fingerprint density at radius 3 is 2.71 bits per heavy atom. The maximum atomic E-state index is 13.8. The van der Waals surface area contributed by atoms with E-state index in [-0.39, 0.29) is 34.8 Å². The maximum absolute atomic E-state index is 13.8. The third-order valence-electron chi connectivity index (χ3n) is 5.79. The van der Waals surface area contributed by atoms with Crippen molar-refractivity contribution in [2.75, 3.05) is 6.61 Å². The summed E-state index contributed by atoms with van der Waals surface area (Å²) in [5, 5.41) is 6.91. The van der Waals surface area contributed by atoms with Gasteiger partial charge in [0.25, 0.3) is 5.89 Å². The molecule has 0 saturated carbocycles. The van der Waals surface area contributed by atoms with Crippen molar-refractivity contribution in [3.63, 3.8) is 0 Å². The molecule has 2 aromatic carbocycles. The molecule has 180 valence electrons. The molecule has 1 N–H and O–H groups in total. The second-order valence-corrected chi connectivity index (χ2v) is 9.02. The Morgan fingerprint density at radius 2 is 1.97 bits per heavy atom. The van der Waals surface area contributed by atoms with Crippen LogP contribution >= 0.6 is 11.3 Å². The zero-order chi connectivity index (χ0) is 24.6. The molecule has 4 aromatic rings. The highest BCUT2D eigenvalue weighted by atomic mass is 32.1. The van der Waals surface area contributed by atoms with Crippen LogP contribution in [0.25, 0.3) is 33.3 Å². The van der Waals surface area contributed by atoms with Crippen LogP contribution in [0.2, 0.25) is 0 Å². The molecule has 1 atom stereocenters. The van der Waals surface area contributed by atoms with Crippen molar-refractivity contribution < 1.29 is 27.2 Å². The number of fused-ring (bicyclic) bond motifs is 1. The zero-order valence-corrected chi connectivity index (χ0v) is 19.4. The van der Waals surface area contributed by atoms with Crippen molar-refractivity contribution in [1.29, 1.82) is 0 Å². The quantitative estimate of drug-likeness (QED) is 0.324. The number of amides is 1. The molecule has 0 fully saturated rings. The van der Waals surface area contributed by atoms with E-state index < -0.39 is 17.1 Å². The van der Waals surface area contributed by atoms with E-state index in [1.165, 1.54) is 6.07 Å². The molecule has 0 radical (unpaired) electrons. The van der Waals surface area contributed by atoms with Crippen molar-refractivity contribution in [2.24, 2.45) is 0 Å². The molecular formula is C25H20F3N3O3S. The van der Waals surface area contributed by atoms with Crippen LogP contribution in [0, 0.1) is 0 Å². The summed E-state index contributed by atoms with van der Waals surface area (Å²) in [7, 11) is 0. The Kier molecular flexibility index (Phi) is 6.06. The van der Waals surface area contributed by atoms with E-state index in [0.717, 1.165) is 16.7 Å². The van der Waals surface area contributed by atoms with Gasteiger partial charge in [-0.1, -0.05) is 53.7 Å². The fraction of sp³-hybridized carbons (Fsp3) is 0.240. The van der Waals surface area contributed by atoms with Crippen molar-refractivity contribution in [3.05, 3.63) is 70.6 Å². The highest BCUT2D eigenvalue weighted by molar-refractivity contribution is 7.16. The molecule has 1 aliphatic rings. The number of nitrogens with zero attached hydrogens (tertiary/aromatic N) is 2. The average molecular weight is 500 g/mol. The SMILES string of the molecule is CCOC(=O)NC1CCc2c(-c3noc(-c4cc(-c5ccccc5)c(C(F)(F)F)s4)n3)cccc21. The van der Waals surface area contributed by atoms with Crippen LogP contribution in [0.4, 0.5) is 18.0 Å². The first kappa shape index (κ1) is 23.1. The molecule has 6 nitrogen and oxygen atoms in total. The average Bonchev–Trinajstić information content (AvgIpc) is 3.58. The van der Waals surface area contributed by atoms with Gasteiger partial charge in [0.15, 0.2) is 0 Å². The summed E-state index contributed by atoms with van der Waals surface area (Å²) in [6, 6.07) is 15.2. The minimum atomic E-state index is -4.52. The number of carbonyl (C=O) groups is 1. The van der Waals surface area contributed by atoms with Crippen LogP contribution in [0.3, 0.4) is 0 Å². The van der Waals surface area contributed by atoms with Crippen molar-refractivity contribution in [3.8, 4) is 33.3 Å². The Balaban J connectivity index is 1.48. The van der Waals surface area contributed by atoms with E-state index in [0.29, 0.717) is 29.7 Å². The van der Waals surface area contributed by atoms with Gasteiger partial charge in [-0.2, -0.15) is 18.2 Å². The molecule has 10 heteroatoms. The van der Waals surface area contributed by atoms with E-state index in [1.54, 1.807) is 37.3 Å². The van der Waals surface area contributed by atoms with Gasteiger partial charge < -0.3 is 14.6 Å². The van der Waals surface area contributed by atoms with Gasteiger partial charge >= 0.3 is 12.3 Å². The first-order chi connectivity index (χ1) is 16.8. The van der Waals surface area contributed by atoms with Gasteiger partial charge in [-0.05, 0) is 42.5 Å². The second-order valence-electron chi connectivity index (χ2n) is 7.97. The molecule has 35 heavy (non-hydrogen) atoms. The molecule has 0 aliphatic heterocycles. The Hall–Kier alpha value is -3.66. The molecule has 0 saturated heterocycles. The van der Waals surface area contributed by atoms with Gasteiger partial charge in [-0.3, -0.25) is 0 Å². The van der Waals surface area contributed by atoms with E-state index in [1.807, 2.05) is 18.2 Å². The first-order valence-electron chi connectivity index (χ1n) is 11.0. The molecule has 0 spiro atoms. The second kappa shape index (κ2) is 9.18. The predicted molar refractivity (Wildman–Crippen MR) is 125 cm³/mol. The topological polar surface area (TPSA) is 77.2 Å². The highest BCUT2D eigenvalue weighted by Gasteiger charge is 2.37. The van der Waals surface area contributed by atoms with Gasteiger partial charge in [0.2, 0.25) is 5.82 Å². The lowest BCUT2D eigenvalue weighted by atomic mass is 10.0. The third-order valence-corrected chi connectivity index (χ3v) is 6.96. The summed E-state index contributed by atoms with van der Waals surface area (Å²) in [5.74, 6) is 0.311. The Morgan fingerprint density at radius 1 is 1.17 bits per heavy atom. The molecule has 1 unspecified atom stereocenters. The van der Waals surface area contributed by atoms with E-state index in [9.17, 15) is 18.0 Å². The van der Waals surface area contributed by atoms with Gasteiger partial charge in [-0.25, -0.2) is 4.79 Å². The van der Waals surface area contributed by atoms with Gasteiger partial charge in [0.1, 0.15) is 4.88 Å². The normalized spacial score (nSPS) is 15.1. The van der Waals surface area contributed by atoms with Crippen LogP contribution in [-0.4, -0.2) is 22.8 Å². The Bertz CT molecular complexity index is 1370. The first-order valence-corrected chi connectivity index (χ1v) is 11.8. The van der Waals surface area contributed by atoms with E-state index in [4.69, 9.17) is 9.26 Å². The van der Waals surface area contributed by atoms with Crippen molar-refractivity contribution in [2.45, 2.75) is 32.0 Å². The largest absolute Gasteiger partial charge is 0.450 e. The van der Waals surface area contributed by atoms with Gasteiger partial charge in [0.05, 0.1) is 17.5 Å². The molecule has 2 heterocycles. The number of halogens is 3. The van der Waals surface area contributed by atoms with E-state index in [2.05, 4.69) is 15.5 Å². The minimum absolute atomic E-state index is 0.0227. The number of ether oxygens (including phenoxy) is 1. The smallest absolute Gasteiger partial charge is 0.426 e. The molecular weight excluding hydrogens is 479 g/mol. The number of nitrogens with one attached hydrogen (secondary N) is 1. The predicted octanol–water partition coefficient (Wildman–Crippen LogP) is 6.88. The molecule has 5 rings (SSSR count). The number of hydrogen-bond acceptors (Lipinski definition) is 6. The lowest BCUT2D eigenvalue weighted by Gasteiger charge is -2.14. The third kappa shape index (κ3) is 4.53. The standard InChI is InChI=1S/C25H20F3N3O3S/c1-2-33-24(32)29-19-12-11-15-16(19)9-6-10-17(15)22-30-23(34-31-22)20-13-18(14-7-4-3-5-8-14)21(35-20)25(26,27)28/h3-10,13,19H,2,11-12H2,1H3,(H,29,32). The van der Waals surface area contributed by atoms with Crippen molar-refractivity contribution >= 4 is 17.4 Å².